The molecule has 3 aromatic rings. The highest BCUT2D eigenvalue weighted by Crippen LogP contribution is 2.30. The molecule has 3 aromatic heterocycles. The molecule has 1 unspecified atom stereocenters. The minimum absolute atomic E-state index is 0.230. The molecule has 3 heterocycles. The van der Waals surface area contributed by atoms with E-state index in [2.05, 4.69) is 25.6 Å². The Bertz CT molecular complexity index is 1160. The number of nitrogens with zero attached hydrogens (tertiary/aromatic N) is 2. The van der Waals surface area contributed by atoms with Crippen LogP contribution in [0.4, 0.5) is 29.3 Å². The lowest BCUT2D eigenvalue weighted by atomic mass is 10.0. The van der Waals surface area contributed by atoms with Gasteiger partial charge in [-0.05, 0) is 25.0 Å². The third-order valence-electron chi connectivity index (χ3n) is 4.84. The SMILES string of the molecule is CCOC(=O)Nc1cnc2[nH]cc(-c3cncc(NC(C(=O)NCC(F)(F)F)C(C)C)c3)c2c1. The molecule has 1 atom stereocenters. The first-order valence-corrected chi connectivity index (χ1v) is 10.5. The highest BCUT2D eigenvalue weighted by atomic mass is 19.4. The van der Waals surface area contributed by atoms with Crippen LogP contribution in [-0.4, -0.2) is 52.3 Å². The maximum absolute atomic E-state index is 12.5. The van der Waals surface area contributed by atoms with Gasteiger partial charge < -0.3 is 20.4 Å². The van der Waals surface area contributed by atoms with Crippen LogP contribution in [-0.2, 0) is 9.53 Å². The first-order valence-electron chi connectivity index (χ1n) is 10.5. The van der Waals surface area contributed by atoms with Gasteiger partial charge in [0.2, 0.25) is 5.91 Å². The average Bonchev–Trinajstić information content (AvgIpc) is 3.19. The second-order valence-corrected chi connectivity index (χ2v) is 7.83. The quantitative estimate of drug-likeness (QED) is 0.383. The van der Waals surface area contributed by atoms with Gasteiger partial charge in [-0.2, -0.15) is 13.2 Å². The Morgan fingerprint density at radius 1 is 1.15 bits per heavy atom. The molecule has 0 aliphatic carbocycles. The summed E-state index contributed by atoms with van der Waals surface area (Å²) in [4.78, 5) is 35.6. The van der Waals surface area contributed by atoms with E-state index < -0.39 is 30.8 Å². The number of aromatic amines is 1. The topological polar surface area (TPSA) is 121 Å². The number of anilines is 2. The van der Waals surface area contributed by atoms with Gasteiger partial charge in [0.1, 0.15) is 18.2 Å². The van der Waals surface area contributed by atoms with Crippen LogP contribution >= 0.6 is 0 Å². The van der Waals surface area contributed by atoms with Crippen molar-refractivity contribution in [2.75, 3.05) is 23.8 Å². The van der Waals surface area contributed by atoms with Crippen molar-refractivity contribution < 1.29 is 27.5 Å². The van der Waals surface area contributed by atoms with Gasteiger partial charge >= 0.3 is 12.3 Å². The Balaban J connectivity index is 1.84. The van der Waals surface area contributed by atoms with E-state index in [4.69, 9.17) is 4.74 Å². The summed E-state index contributed by atoms with van der Waals surface area (Å²) >= 11 is 0. The summed E-state index contributed by atoms with van der Waals surface area (Å²) in [6.07, 6.45) is 1.20. The van der Waals surface area contributed by atoms with E-state index in [1.54, 1.807) is 45.3 Å². The van der Waals surface area contributed by atoms with E-state index in [9.17, 15) is 22.8 Å². The molecule has 0 aliphatic heterocycles. The average molecular weight is 478 g/mol. The molecule has 182 valence electrons. The van der Waals surface area contributed by atoms with E-state index in [1.165, 1.54) is 12.4 Å². The second kappa shape index (κ2) is 10.4. The van der Waals surface area contributed by atoms with Crippen LogP contribution < -0.4 is 16.0 Å². The molecule has 0 spiro atoms. The Morgan fingerprint density at radius 2 is 1.91 bits per heavy atom. The zero-order valence-corrected chi connectivity index (χ0v) is 18.8. The van der Waals surface area contributed by atoms with Crippen molar-refractivity contribution in [1.29, 1.82) is 0 Å². The predicted molar refractivity (Wildman–Crippen MR) is 121 cm³/mol. The van der Waals surface area contributed by atoms with Gasteiger partial charge in [0.25, 0.3) is 0 Å². The smallest absolute Gasteiger partial charge is 0.411 e. The van der Waals surface area contributed by atoms with Gasteiger partial charge in [-0.1, -0.05) is 13.8 Å². The largest absolute Gasteiger partial charge is 0.450 e. The number of amides is 2. The van der Waals surface area contributed by atoms with Crippen LogP contribution in [0.25, 0.3) is 22.2 Å². The number of hydrogen-bond donors (Lipinski definition) is 4. The number of ether oxygens (including phenoxy) is 1. The van der Waals surface area contributed by atoms with E-state index in [0.29, 0.717) is 28.0 Å². The first kappa shape index (κ1) is 24.8. The van der Waals surface area contributed by atoms with Crippen LogP contribution in [0.1, 0.15) is 20.8 Å². The van der Waals surface area contributed by atoms with Crippen LogP contribution in [0, 0.1) is 5.92 Å². The zero-order chi connectivity index (χ0) is 24.9. The van der Waals surface area contributed by atoms with Crippen molar-refractivity contribution in [3.8, 4) is 11.1 Å². The van der Waals surface area contributed by atoms with Gasteiger partial charge in [0.05, 0.1) is 24.2 Å². The Labute approximate surface area is 193 Å². The molecule has 34 heavy (non-hydrogen) atoms. The molecule has 0 aliphatic rings. The number of halogens is 3. The summed E-state index contributed by atoms with van der Waals surface area (Å²) in [6, 6.07) is 2.56. The Morgan fingerprint density at radius 3 is 2.59 bits per heavy atom. The maximum atomic E-state index is 12.5. The van der Waals surface area contributed by atoms with Gasteiger partial charge in [0, 0.05) is 35.1 Å². The molecule has 0 radical (unpaired) electrons. The summed E-state index contributed by atoms with van der Waals surface area (Å²) in [6.45, 7) is 3.98. The standard InChI is InChI=1S/C22H25F3N6O3/c1-4-34-21(33)31-15-6-16-17(10-28-19(16)27-9-15)13-5-14(8-26-7-13)30-18(12(2)3)20(32)29-11-22(23,24)25/h5-10,12,18,30H,4,11H2,1-3H3,(H,27,28)(H,29,32)(H,31,33). The molecular formula is C22H25F3N6O3. The summed E-state index contributed by atoms with van der Waals surface area (Å²) in [5.74, 6) is -1.05. The molecule has 4 N–H and O–H groups in total. The van der Waals surface area contributed by atoms with E-state index in [-0.39, 0.29) is 12.5 Å². The number of nitrogens with one attached hydrogen (secondary N) is 4. The zero-order valence-electron chi connectivity index (χ0n) is 18.8. The van der Waals surface area contributed by atoms with Gasteiger partial charge in [-0.15, -0.1) is 0 Å². The molecule has 0 aromatic carbocycles. The first-order chi connectivity index (χ1) is 16.1. The van der Waals surface area contributed by atoms with Crippen LogP contribution in [0.5, 0.6) is 0 Å². The lowest BCUT2D eigenvalue weighted by molar-refractivity contribution is -0.139. The third-order valence-corrected chi connectivity index (χ3v) is 4.84. The fourth-order valence-corrected chi connectivity index (χ4v) is 3.27. The van der Waals surface area contributed by atoms with E-state index in [1.807, 2.05) is 5.32 Å². The summed E-state index contributed by atoms with van der Waals surface area (Å²) in [7, 11) is 0. The van der Waals surface area contributed by atoms with Crippen molar-refractivity contribution in [1.82, 2.24) is 20.3 Å². The number of alkyl halides is 3. The number of pyridine rings is 2. The molecule has 0 saturated heterocycles. The molecule has 3 rings (SSSR count). The number of fused-ring (bicyclic) bond motifs is 1. The monoisotopic (exact) mass is 478 g/mol. The van der Waals surface area contributed by atoms with Crippen LogP contribution in [0.15, 0.2) is 36.9 Å². The van der Waals surface area contributed by atoms with Gasteiger partial charge in [-0.3, -0.25) is 15.1 Å². The molecule has 0 fully saturated rings. The van der Waals surface area contributed by atoms with Crippen molar-refractivity contribution in [3.63, 3.8) is 0 Å². The lowest BCUT2D eigenvalue weighted by Crippen LogP contribution is -2.46. The van der Waals surface area contributed by atoms with E-state index >= 15 is 0 Å². The fourth-order valence-electron chi connectivity index (χ4n) is 3.27. The molecular weight excluding hydrogens is 453 g/mol. The second-order valence-electron chi connectivity index (χ2n) is 7.83. The lowest BCUT2D eigenvalue weighted by Gasteiger charge is -2.23. The van der Waals surface area contributed by atoms with Crippen molar-refractivity contribution >= 4 is 34.4 Å². The van der Waals surface area contributed by atoms with Crippen molar-refractivity contribution in [2.45, 2.75) is 33.0 Å². The maximum Gasteiger partial charge on any atom is 0.411 e. The highest BCUT2D eigenvalue weighted by molar-refractivity contribution is 5.97. The predicted octanol–water partition coefficient (Wildman–Crippen LogP) is 4.31. The van der Waals surface area contributed by atoms with Crippen LogP contribution in [0.2, 0.25) is 0 Å². The Kier molecular flexibility index (Phi) is 7.59. The minimum atomic E-state index is -4.50. The van der Waals surface area contributed by atoms with E-state index in [0.717, 1.165) is 5.56 Å². The molecule has 12 heteroatoms. The number of carbonyl (C=O) groups excluding carboxylic acids is 2. The normalized spacial score (nSPS) is 12.4. The third kappa shape index (κ3) is 6.36. The van der Waals surface area contributed by atoms with Gasteiger partial charge in [-0.25, -0.2) is 9.78 Å². The van der Waals surface area contributed by atoms with Gasteiger partial charge in [0.15, 0.2) is 0 Å². The number of rotatable bonds is 8. The number of hydrogen-bond acceptors (Lipinski definition) is 6. The molecule has 0 saturated carbocycles. The number of aromatic nitrogens is 3. The highest BCUT2D eigenvalue weighted by Gasteiger charge is 2.30. The Hall–Kier alpha value is -3.83. The summed E-state index contributed by atoms with van der Waals surface area (Å²) in [5, 5.41) is 8.20. The molecule has 2 amide bonds. The van der Waals surface area contributed by atoms with Crippen molar-refractivity contribution in [3.05, 3.63) is 36.9 Å². The minimum Gasteiger partial charge on any atom is -0.450 e. The number of carbonyl (C=O) groups is 2. The molecule has 0 bridgehead atoms. The fraction of sp³-hybridized carbons (Fsp3) is 0.364. The van der Waals surface area contributed by atoms with Crippen molar-refractivity contribution in [2.24, 2.45) is 5.92 Å². The molecule has 9 nitrogen and oxygen atoms in total. The number of H-pyrrole nitrogens is 1. The van der Waals surface area contributed by atoms with Crippen LogP contribution in [0.3, 0.4) is 0 Å². The summed E-state index contributed by atoms with van der Waals surface area (Å²) < 4.78 is 42.4. The summed E-state index contributed by atoms with van der Waals surface area (Å²) in [5.41, 5.74) is 2.88.